The highest BCUT2D eigenvalue weighted by molar-refractivity contribution is 5.74. The third kappa shape index (κ3) is 2.87. The van der Waals surface area contributed by atoms with Crippen LogP contribution >= 0.6 is 0 Å². The zero-order valence-electron chi connectivity index (χ0n) is 9.58. The third-order valence-corrected chi connectivity index (χ3v) is 2.50. The van der Waals surface area contributed by atoms with Gasteiger partial charge in [0.15, 0.2) is 0 Å². The maximum absolute atomic E-state index is 11.7. The molecule has 1 rings (SSSR count). The van der Waals surface area contributed by atoms with E-state index in [1.807, 2.05) is 18.7 Å². The molecule has 1 fully saturated rings. The summed E-state index contributed by atoms with van der Waals surface area (Å²) in [6.07, 6.45) is 0. The lowest BCUT2D eigenvalue weighted by Gasteiger charge is -2.38. The van der Waals surface area contributed by atoms with E-state index in [1.165, 1.54) is 0 Å². The number of nitrogens with zero attached hydrogens (tertiary/aromatic N) is 2. The van der Waals surface area contributed by atoms with Crippen molar-refractivity contribution in [2.24, 2.45) is 0 Å². The summed E-state index contributed by atoms with van der Waals surface area (Å²) in [6, 6.07) is 0.599. The average molecular weight is 199 g/mol. The molecule has 1 aliphatic heterocycles. The van der Waals surface area contributed by atoms with Gasteiger partial charge in [0.05, 0.1) is 0 Å². The van der Waals surface area contributed by atoms with Crippen molar-refractivity contribution in [2.45, 2.75) is 32.9 Å². The van der Waals surface area contributed by atoms with Gasteiger partial charge in [-0.1, -0.05) is 0 Å². The van der Waals surface area contributed by atoms with Gasteiger partial charge in [0, 0.05) is 31.7 Å². The summed E-state index contributed by atoms with van der Waals surface area (Å²) in [4.78, 5) is 15.9. The molecule has 0 radical (unpaired) electrons. The molecule has 1 unspecified atom stereocenters. The Morgan fingerprint density at radius 2 is 2.07 bits per heavy atom. The van der Waals surface area contributed by atoms with Crippen molar-refractivity contribution in [1.82, 2.24) is 15.1 Å². The minimum absolute atomic E-state index is 0.0700. The van der Waals surface area contributed by atoms with Crippen molar-refractivity contribution >= 4 is 6.03 Å². The molecule has 4 heteroatoms. The Morgan fingerprint density at radius 3 is 2.57 bits per heavy atom. The monoisotopic (exact) mass is 199 g/mol. The van der Waals surface area contributed by atoms with Gasteiger partial charge in [0.1, 0.15) is 0 Å². The smallest absolute Gasteiger partial charge is 0.317 e. The average Bonchev–Trinajstić information content (AvgIpc) is 2.01. The van der Waals surface area contributed by atoms with Gasteiger partial charge < -0.3 is 15.1 Å². The van der Waals surface area contributed by atoms with Crippen LogP contribution in [0.1, 0.15) is 20.8 Å². The molecule has 0 aromatic carbocycles. The topological polar surface area (TPSA) is 35.6 Å². The van der Waals surface area contributed by atoms with Crippen LogP contribution in [0.15, 0.2) is 0 Å². The largest absolute Gasteiger partial charge is 0.336 e. The standard InChI is InChI=1S/C10H21N3O/c1-8(2)11-10(14)13-6-5-12(4)7-9(13)3/h8-9H,5-7H2,1-4H3,(H,11,14). The lowest BCUT2D eigenvalue weighted by molar-refractivity contribution is 0.115. The molecular weight excluding hydrogens is 178 g/mol. The van der Waals surface area contributed by atoms with Gasteiger partial charge in [-0.05, 0) is 27.8 Å². The van der Waals surface area contributed by atoms with Gasteiger partial charge in [0.2, 0.25) is 0 Å². The fourth-order valence-electron chi connectivity index (χ4n) is 1.77. The molecule has 1 saturated heterocycles. The molecule has 1 atom stereocenters. The van der Waals surface area contributed by atoms with Crippen molar-refractivity contribution in [3.05, 3.63) is 0 Å². The number of hydrogen-bond donors (Lipinski definition) is 1. The number of rotatable bonds is 1. The number of carbonyl (C=O) groups is 1. The second kappa shape index (κ2) is 4.64. The molecule has 1 aliphatic rings. The number of urea groups is 1. The second-order valence-corrected chi connectivity index (χ2v) is 4.41. The van der Waals surface area contributed by atoms with E-state index in [0.29, 0.717) is 6.04 Å². The van der Waals surface area contributed by atoms with E-state index in [-0.39, 0.29) is 12.1 Å². The summed E-state index contributed by atoms with van der Waals surface area (Å²) in [5.74, 6) is 0. The van der Waals surface area contributed by atoms with Crippen molar-refractivity contribution in [1.29, 1.82) is 0 Å². The van der Waals surface area contributed by atoms with Crippen molar-refractivity contribution < 1.29 is 4.79 Å². The van der Waals surface area contributed by atoms with Crippen LogP contribution in [-0.2, 0) is 0 Å². The molecule has 0 aliphatic carbocycles. The van der Waals surface area contributed by atoms with Crippen LogP contribution in [0.5, 0.6) is 0 Å². The molecule has 0 bridgehead atoms. The quantitative estimate of drug-likeness (QED) is 0.676. The van der Waals surface area contributed by atoms with Gasteiger partial charge in [0.25, 0.3) is 0 Å². The number of nitrogens with one attached hydrogen (secondary N) is 1. The molecule has 82 valence electrons. The van der Waals surface area contributed by atoms with Crippen molar-refractivity contribution in [3.8, 4) is 0 Å². The summed E-state index contributed by atoms with van der Waals surface area (Å²) in [6.45, 7) is 8.82. The maximum Gasteiger partial charge on any atom is 0.317 e. The Kier molecular flexibility index (Phi) is 3.75. The van der Waals surface area contributed by atoms with Crippen LogP contribution < -0.4 is 5.32 Å². The van der Waals surface area contributed by atoms with Crippen molar-refractivity contribution in [3.63, 3.8) is 0 Å². The highest BCUT2D eigenvalue weighted by Gasteiger charge is 2.25. The second-order valence-electron chi connectivity index (χ2n) is 4.41. The lowest BCUT2D eigenvalue weighted by atomic mass is 10.2. The van der Waals surface area contributed by atoms with E-state index < -0.39 is 0 Å². The molecular formula is C10H21N3O. The molecule has 1 N–H and O–H groups in total. The Hall–Kier alpha value is -0.770. The van der Waals surface area contributed by atoms with Crippen LogP contribution in [0, 0.1) is 0 Å². The number of piperazine rings is 1. The van der Waals surface area contributed by atoms with Gasteiger partial charge in [-0.3, -0.25) is 0 Å². The molecule has 14 heavy (non-hydrogen) atoms. The minimum Gasteiger partial charge on any atom is -0.336 e. The summed E-state index contributed by atoms with van der Waals surface area (Å²) in [5.41, 5.74) is 0. The zero-order chi connectivity index (χ0) is 10.7. The number of amides is 2. The fourth-order valence-corrected chi connectivity index (χ4v) is 1.77. The first-order valence-corrected chi connectivity index (χ1v) is 5.26. The normalized spacial score (nSPS) is 24.1. The molecule has 4 nitrogen and oxygen atoms in total. The summed E-state index contributed by atoms with van der Waals surface area (Å²) >= 11 is 0. The third-order valence-electron chi connectivity index (χ3n) is 2.50. The molecule has 2 amide bonds. The van der Waals surface area contributed by atoms with E-state index in [4.69, 9.17) is 0 Å². The number of likely N-dealkylation sites (N-methyl/N-ethyl adjacent to an activating group) is 1. The first-order chi connectivity index (χ1) is 6.50. The van der Waals surface area contributed by atoms with Gasteiger partial charge in [-0.2, -0.15) is 0 Å². The molecule has 0 saturated carbocycles. The Labute approximate surface area is 86.2 Å². The molecule has 0 spiro atoms. The van der Waals surface area contributed by atoms with Crippen molar-refractivity contribution in [2.75, 3.05) is 26.7 Å². The van der Waals surface area contributed by atoms with Crippen LogP contribution in [0.25, 0.3) is 0 Å². The van der Waals surface area contributed by atoms with E-state index >= 15 is 0 Å². The fraction of sp³-hybridized carbons (Fsp3) is 0.900. The Balaban J connectivity index is 2.47. The zero-order valence-corrected chi connectivity index (χ0v) is 9.58. The Morgan fingerprint density at radius 1 is 1.43 bits per heavy atom. The highest BCUT2D eigenvalue weighted by atomic mass is 16.2. The van der Waals surface area contributed by atoms with Crippen LogP contribution in [0.4, 0.5) is 4.79 Å². The SMILES string of the molecule is CC(C)NC(=O)N1CCN(C)CC1C. The summed E-state index contributed by atoms with van der Waals surface area (Å²) in [5, 5.41) is 2.93. The van der Waals surface area contributed by atoms with Gasteiger partial charge >= 0.3 is 6.03 Å². The number of carbonyl (C=O) groups excluding carboxylic acids is 1. The summed E-state index contributed by atoms with van der Waals surface area (Å²) in [7, 11) is 2.09. The summed E-state index contributed by atoms with van der Waals surface area (Å²) < 4.78 is 0. The van der Waals surface area contributed by atoms with E-state index in [2.05, 4.69) is 24.2 Å². The van der Waals surface area contributed by atoms with Gasteiger partial charge in [-0.15, -0.1) is 0 Å². The first-order valence-electron chi connectivity index (χ1n) is 5.26. The highest BCUT2D eigenvalue weighted by Crippen LogP contribution is 2.07. The first kappa shape index (κ1) is 11.3. The van der Waals surface area contributed by atoms with Crippen LogP contribution in [0.3, 0.4) is 0 Å². The Bertz CT molecular complexity index is 206. The van der Waals surface area contributed by atoms with E-state index in [0.717, 1.165) is 19.6 Å². The maximum atomic E-state index is 11.7. The molecule has 0 aromatic heterocycles. The predicted molar refractivity (Wildman–Crippen MR) is 57.3 cm³/mol. The number of hydrogen-bond acceptors (Lipinski definition) is 2. The molecule has 1 heterocycles. The van der Waals surface area contributed by atoms with Crippen LogP contribution in [-0.4, -0.2) is 54.6 Å². The van der Waals surface area contributed by atoms with Gasteiger partial charge in [-0.25, -0.2) is 4.79 Å². The van der Waals surface area contributed by atoms with E-state index in [1.54, 1.807) is 0 Å². The minimum atomic E-state index is 0.0700. The lowest BCUT2D eigenvalue weighted by Crippen LogP contribution is -2.56. The molecule has 0 aromatic rings. The predicted octanol–water partition coefficient (Wildman–Crippen LogP) is 0.740. The van der Waals surface area contributed by atoms with Crippen LogP contribution in [0.2, 0.25) is 0 Å². The van der Waals surface area contributed by atoms with E-state index in [9.17, 15) is 4.79 Å².